The molecule has 7 nitrogen and oxygen atoms in total. The van der Waals surface area contributed by atoms with Crippen molar-refractivity contribution in [1.29, 1.82) is 0 Å². The van der Waals surface area contributed by atoms with Crippen LogP contribution >= 0.6 is 0 Å². The van der Waals surface area contributed by atoms with Crippen molar-refractivity contribution in [1.82, 2.24) is 20.2 Å². The molecule has 2 fully saturated rings. The summed E-state index contributed by atoms with van der Waals surface area (Å²) in [6.07, 6.45) is 9.45. The second-order valence-corrected chi connectivity index (χ2v) is 7.87. The average molecular weight is 389 g/mol. The molecule has 0 aliphatic carbocycles. The van der Waals surface area contributed by atoms with Crippen molar-refractivity contribution in [3.8, 4) is 0 Å². The van der Waals surface area contributed by atoms with Crippen LogP contribution in [0.15, 0.2) is 12.4 Å². The van der Waals surface area contributed by atoms with Gasteiger partial charge in [0.15, 0.2) is 0 Å². The van der Waals surface area contributed by atoms with Gasteiger partial charge in [0.25, 0.3) is 0 Å². The topological polar surface area (TPSA) is 64.6 Å². The molecule has 0 atom stereocenters. The smallest absolute Gasteiger partial charge is 0.225 e. The molecule has 1 aromatic heterocycles. The Balaban J connectivity index is 1.42. The number of carbonyl (C=O) groups is 1. The van der Waals surface area contributed by atoms with E-state index in [9.17, 15) is 4.79 Å². The summed E-state index contributed by atoms with van der Waals surface area (Å²) < 4.78 is 0. The van der Waals surface area contributed by atoms with E-state index in [4.69, 9.17) is 0 Å². The quantitative estimate of drug-likeness (QED) is 0.736. The molecule has 1 amide bonds. The first-order valence-electron chi connectivity index (χ1n) is 11.0. The lowest BCUT2D eigenvalue weighted by atomic mass is 9.95. The highest BCUT2D eigenvalue weighted by Gasteiger charge is 2.25. The molecule has 3 rings (SSSR count). The Kier molecular flexibility index (Phi) is 7.89. The summed E-state index contributed by atoms with van der Waals surface area (Å²) in [5.74, 6) is 1.19. The number of piperidine rings is 2. The van der Waals surface area contributed by atoms with Gasteiger partial charge in [0.05, 0.1) is 18.1 Å². The molecule has 2 aliphatic heterocycles. The molecule has 0 bridgehead atoms. The lowest BCUT2D eigenvalue weighted by Crippen LogP contribution is -2.42. The fourth-order valence-corrected chi connectivity index (χ4v) is 4.16. The van der Waals surface area contributed by atoms with Crippen molar-refractivity contribution in [2.75, 3.05) is 62.2 Å². The molecule has 2 saturated heterocycles. The van der Waals surface area contributed by atoms with Gasteiger partial charge in [0.1, 0.15) is 0 Å². The number of aromatic nitrogens is 2. The zero-order valence-corrected chi connectivity index (χ0v) is 17.6. The van der Waals surface area contributed by atoms with Crippen molar-refractivity contribution in [3.63, 3.8) is 0 Å². The van der Waals surface area contributed by atoms with Crippen molar-refractivity contribution < 1.29 is 4.79 Å². The fourth-order valence-electron chi connectivity index (χ4n) is 4.16. The third kappa shape index (κ3) is 5.56. The number of amides is 1. The van der Waals surface area contributed by atoms with E-state index in [1.165, 1.54) is 19.3 Å². The molecule has 2 aliphatic rings. The van der Waals surface area contributed by atoms with Crippen molar-refractivity contribution in [2.24, 2.45) is 5.92 Å². The maximum absolute atomic E-state index is 12.4. The average Bonchev–Trinajstić information content (AvgIpc) is 2.77. The number of rotatable bonds is 8. The highest BCUT2D eigenvalue weighted by molar-refractivity contribution is 5.79. The highest BCUT2D eigenvalue weighted by Crippen LogP contribution is 2.24. The van der Waals surface area contributed by atoms with E-state index in [1.54, 1.807) is 0 Å². The molecule has 0 radical (unpaired) electrons. The Hall–Kier alpha value is -1.89. The summed E-state index contributed by atoms with van der Waals surface area (Å²) >= 11 is 0. The van der Waals surface area contributed by atoms with Crippen LogP contribution < -0.4 is 15.1 Å². The van der Waals surface area contributed by atoms with Gasteiger partial charge in [-0.3, -0.25) is 4.79 Å². The van der Waals surface area contributed by atoms with Crippen LogP contribution in [0.1, 0.15) is 46.0 Å². The van der Waals surface area contributed by atoms with Crippen LogP contribution in [0.2, 0.25) is 0 Å². The summed E-state index contributed by atoms with van der Waals surface area (Å²) in [7, 11) is 0. The van der Waals surface area contributed by atoms with Crippen molar-refractivity contribution in [2.45, 2.75) is 46.0 Å². The van der Waals surface area contributed by atoms with Gasteiger partial charge in [-0.2, -0.15) is 0 Å². The monoisotopic (exact) mass is 388 g/mol. The SMILES string of the molecule is CCN(CC)CCNC(=O)C1CCN(c2cnc(N3CCCCC3)nc2)CC1. The number of likely N-dealkylation sites (N-methyl/N-ethyl adjacent to an activating group) is 1. The molecule has 0 aromatic carbocycles. The predicted molar refractivity (Wildman–Crippen MR) is 114 cm³/mol. The van der Waals surface area contributed by atoms with Crippen molar-refractivity contribution >= 4 is 17.5 Å². The third-order valence-corrected chi connectivity index (χ3v) is 6.12. The first kappa shape index (κ1) is 20.8. The Bertz CT molecular complexity index is 589. The summed E-state index contributed by atoms with van der Waals surface area (Å²) in [5.41, 5.74) is 1.07. The van der Waals surface area contributed by atoms with Gasteiger partial charge in [0.2, 0.25) is 11.9 Å². The highest BCUT2D eigenvalue weighted by atomic mass is 16.1. The lowest BCUT2D eigenvalue weighted by Gasteiger charge is -2.33. The van der Waals surface area contributed by atoms with E-state index in [0.717, 1.165) is 76.8 Å². The molecular weight excluding hydrogens is 352 g/mol. The molecular formula is C21H36N6O. The maximum atomic E-state index is 12.4. The summed E-state index contributed by atoms with van der Waals surface area (Å²) in [6, 6.07) is 0. The van der Waals surface area contributed by atoms with Crippen molar-refractivity contribution in [3.05, 3.63) is 12.4 Å². The zero-order valence-electron chi connectivity index (χ0n) is 17.6. The summed E-state index contributed by atoms with van der Waals surface area (Å²) in [5, 5.41) is 3.12. The standard InChI is InChI=1S/C21H36N6O/c1-3-25(4-2)15-10-22-20(28)18-8-13-26(14-9-18)19-16-23-21(24-17-19)27-11-6-5-7-12-27/h16-18H,3-15H2,1-2H3,(H,22,28). The van der Waals surface area contributed by atoms with Gasteiger partial charge in [-0.05, 0) is 45.2 Å². The number of nitrogens with one attached hydrogen (secondary N) is 1. The minimum Gasteiger partial charge on any atom is -0.369 e. The molecule has 0 unspecified atom stereocenters. The Morgan fingerprint density at radius 3 is 2.29 bits per heavy atom. The Morgan fingerprint density at radius 2 is 1.68 bits per heavy atom. The van der Waals surface area contributed by atoms with Crippen LogP contribution in [-0.2, 0) is 4.79 Å². The van der Waals surface area contributed by atoms with Crippen LogP contribution in [0.4, 0.5) is 11.6 Å². The zero-order chi connectivity index (χ0) is 19.8. The van der Waals surface area contributed by atoms with Gasteiger partial charge in [-0.1, -0.05) is 13.8 Å². The third-order valence-electron chi connectivity index (χ3n) is 6.12. The Morgan fingerprint density at radius 1 is 1.04 bits per heavy atom. The molecule has 1 aromatic rings. The van der Waals surface area contributed by atoms with E-state index in [-0.39, 0.29) is 11.8 Å². The number of nitrogens with zero attached hydrogens (tertiary/aromatic N) is 5. The largest absolute Gasteiger partial charge is 0.369 e. The second kappa shape index (κ2) is 10.6. The van der Waals surface area contributed by atoms with Gasteiger partial charge >= 0.3 is 0 Å². The molecule has 156 valence electrons. The predicted octanol–water partition coefficient (Wildman–Crippen LogP) is 2.14. The van der Waals surface area contributed by atoms with Gasteiger partial charge < -0.3 is 20.0 Å². The molecule has 0 spiro atoms. The summed E-state index contributed by atoms with van der Waals surface area (Å²) in [6.45, 7) is 12.0. The number of hydrogen-bond donors (Lipinski definition) is 1. The van der Waals surface area contributed by atoms with E-state index in [1.807, 2.05) is 12.4 Å². The Labute approximate surface area is 169 Å². The number of hydrogen-bond acceptors (Lipinski definition) is 6. The minimum atomic E-state index is 0.126. The van der Waals surface area contributed by atoms with Crippen LogP contribution in [0.5, 0.6) is 0 Å². The molecule has 28 heavy (non-hydrogen) atoms. The van der Waals surface area contributed by atoms with Crippen LogP contribution in [0, 0.1) is 5.92 Å². The van der Waals surface area contributed by atoms with E-state index < -0.39 is 0 Å². The van der Waals surface area contributed by atoms with E-state index in [2.05, 4.69) is 43.8 Å². The van der Waals surface area contributed by atoms with Crippen LogP contribution in [-0.4, -0.2) is 73.1 Å². The van der Waals surface area contributed by atoms with Gasteiger partial charge in [-0.15, -0.1) is 0 Å². The molecule has 3 heterocycles. The number of anilines is 2. The summed E-state index contributed by atoms with van der Waals surface area (Å²) in [4.78, 5) is 28.5. The van der Waals surface area contributed by atoms with E-state index in [0.29, 0.717) is 0 Å². The maximum Gasteiger partial charge on any atom is 0.225 e. The van der Waals surface area contributed by atoms with Gasteiger partial charge in [0, 0.05) is 45.2 Å². The van der Waals surface area contributed by atoms with E-state index >= 15 is 0 Å². The fraction of sp³-hybridized carbons (Fsp3) is 0.762. The first-order valence-corrected chi connectivity index (χ1v) is 11.0. The molecule has 7 heteroatoms. The molecule has 1 N–H and O–H groups in total. The molecule has 0 saturated carbocycles. The minimum absolute atomic E-state index is 0.126. The van der Waals surface area contributed by atoms with Crippen LogP contribution in [0.25, 0.3) is 0 Å². The number of carbonyl (C=O) groups excluding carboxylic acids is 1. The second-order valence-electron chi connectivity index (χ2n) is 7.87. The van der Waals surface area contributed by atoms with Gasteiger partial charge in [-0.25, -0.2) is 9.97 Å². The lowest BCUT2D eigenvalue weighted by molar-refractivity contribution is -0.125. The normalized spacial score (nSPS) is 18.5. The van der Waals surface area contributed by atoms with Crippen LogP contribution in [0.3, 0.4) is 0 Å². The first-order chi connectivity index (χ1) is 13.7.